The summed E-state index contributed by atoms with van der Waals surface area (Å²) in [5, 5.41) is 9.41. The van der Waals surface area contributed by atoms with E-state index in [-0.39, 0.29) is 16.9 Å². The van der Waals surface area contributed by atoms with Crippen LogP contribution in [0.3, 0.4) is 0 Å². The number of benzene rings is 2. The minimum absolute atomic E-state index is 0.173. The van der Waals surface area contributed by atoms with Crippen LogP contribution in [0.15, 0.2) is 75.5 Å². The van der Waals surface area contributed by atoms with Crippen molar-refractivity contribution in [3.8, 4) is 17.0 Å². The Balaban J connectivity index is 1.35. The summed E-state index contributed by atoms with van der Waals surface area (Å²) in [6, 6.07) is 14.5. The Morgan fingerprint density at radius 2 is 2.00 bits per heavy atom. The van der Waals surface area contributed by atoms with Crippen LogP contribution in [0.2, 0.25) is 0 Å². The number of methoxy groups -OCH3 is 1. The SMILES string of the molecule is COc1ccc(-c2csc3nc(NC(=O)/C=C/c4coc5ccccc5c4=O)nn23)cc1. The molecule has 0 spiro atoms. The maximum atomic E-state index is 12.5. The molecule has 9 heteroatoms. The maximum Gasteiger partial charge on any atom is 0.250 e. The number of carbonyl (C=O) groups is 1. The standard InChI is InChI=1S/C23H16N4O4S/c1-30-16-9-6-14(7-10-16)18-13-32-23-25-22(26-27(18)23)24-20(28)11-8-15-12-31-19-5-3-2-4-17(19)21(15)29/h2-13H,1H3,(H,24,26,28)/b11-8+. The van der Waals surface area contributed by atoms with Crippen LogP contribution in [-0.2, 0) is 4.79 Å². The molecule has 0 atom stereocenters. The van der Waals surface area contributed by atoms with Crippen LogP contribution in [0.25, 0.3) is 33.3 Å². The molecule has 0 fully saturated rings. The monoisotopic (exact) mass is 444 g/mol. The molecule has 2 aromatic carbocycles. The lowest BCUT2D eigenvalue weighted by atomic mass is 10.1. The normalized spacial score (nSPS) is 11.4. The van der Waals surface area contributed by atoms with E-state index in [9.17, 15) is 9.59 Å². The van der Waals surface area contributed by atoms with Crippen LogP contribution in [0, 0.1) is 0 Å². The average molecular weight is 444 g/mol. The van der Waals surface area contributed by atoms with Gasteiger partial charge in [-0.3, -0.25) is 14.9 Å². The zero-order valence-corrected chi connectivity index (χ0v) is 17.6. The summed E-state index contributed by atoms with van der Waals surface area (Å²) in [4.78, 5) is 29.9. The number of anilines is 1. The van der Waals surface area contributed by atoms with Gasteiger partial charge < -0.3 is 9.15 Å². The molecule has 1 N–H and O–H groups in total. The molecule has 0 aliphatic heterocycles. The molecule has 8 nitrogen and oxygen atoms in total. The zero-order valence-electron chi connectivity index (χ0n) is 16.8. The fourth-order valence-electron chi connectivity index (χ4n) is 3.22. The van der Waals surface area contributed by atoms with Gasteiger partial charge in [0.1, 0.15) is 17.6 Å². The molecule has 0 unspecified atom stereocenters. The van der Waals surface area contributed by atoms with Gasteiger partial charge in [-0.05, 0) is 42.5 Å². The molecule has 5 rings (SSSR count). The van der Waals surface area contributed by atoms with Crippen molar-refractivity contribution in [2.45, 2.75) is 0 Å². The van der Waals surface area contributed by atoms with Crippen molar-refractivity contribution >= 4 is 45.2 Å². The smallest absolute Gasteiger partial charge is 0.250 e. The highest BCUT2D eigenvalue weighted by atomic mass is 32.1. The van der Waals surface area contributed by atoms with Crippen molar-refractivity contribution < 1.29 is 13.9 Å². The van der Waals surface area contributed by atoms with Crippen LogP contribution >= 0.6 is 11.3 Å². The molecular weight excluding hydrogens is 428 g/mol. The predicted octanol–water partition coefficient (Wildman–Crippen LogP) is 4.22. The van der Waals surface area contributed by atoms with Crippen LogP contribution < -0.4 is 15.5 Å². The fourth-order valence-corrected chi connectivity index (χ4v) is 4.05. The van der Waals surface area contributed by atoms with E-state index in [0.29, 0.717) is 15.9 Å². The van der Waals surface area contributed by atoms with Gasteiger partial charge in [-0.1, -0.05) is 12.1 Å². The second-order valence-electron chi connectivity index (χ2n) is 6.82. The Hall–Kier alpha value is -4.24. The third-order valence-corrected chi connectivity index (χ3v) is 5.64. The van der Waals surface area contributed by atoms with E-state index in [1.807, 2.05) is 29.6 Å². The number of hydrogen-bond donors (Lipinski definition) is 1. The number of thiazole rings is 1. The molecule has 1 amide bonds. The first-order chi connectivity index (χ1) is 15.6. The second-order valence-corrected chi connectivity index (χ2v) is 7.65. The molecule has 0 saturated heterocycles. The van der Waals surface area contributed by atoms with Crippen LogP contribution in [0.5, 0.6) is 5.75 Å². The zero-order chi connectivity index (χ0) is 22.1. The van der Waals surface area contributed by atoms with Crippen molar-refractivity contribution in [2.24, 2.45) is 0 Å². The van der Waals surface area contributed by atoms with Gasteiger partial charge in [0.05, 0.1) is 23.8 Å². The Morgan fingerprint density at radius 3 is 2.81 bits per heavy atom. The van der Waals surface area contributed by atoms with Crippen LogP contribution in [0.4, 0.5) is 5.95 Å². The summed E-state index contributed by atoms with van der Waals surface area (Å²) in [5.41, 5.74) is 2.36. The second kappa shape index (κ2) is 8.12. The number of para-hydroxylation sites is 1. The van der Waals surface area contributed by atoms with E-state index >= 15 is 0 Å². The lowest BCUT2D eigenvalue weighted by Crippen LogP contribution is -2.10. The first kappa shape index (κ1) is 19.7. The average Bonchev–Trinajstić information content (AvgIpc) is 3.39. The highest BCUT2D eigenvalue weighted by Gasteiger charge is 2.13. The quantitative estimate of drug-likeness (QED) is 0.408. The van der Waals surface area contributed by atoms with Gasteiger partial charge in [-0.2, -0.15) is 4.98 Å². The number of aromatic nitrogens is 3. The third kappa shape index (κ3) is 3.65. The summed E-state index contributed by atoms with van der Waals surface area (Å²) < 4.78 is 12.3. The van der Waals surface area contributed by atoms with Gasteiger partial charge in [-0.25, -0.2) is 4.52 Å². The molecule has 158 valence electrons. The molecule has 0 bridgehead atoms. The van der Waals surface area contributed by atoms with Gasteiger partial charge in [0.15, 0.2) is 5.43 Å². The largest absolute Gasteiger partial charge is 0.497 e. The first-order valence-corrected chi connectivity index (χ1v) is 10.5. The molecule has 0 aliphatic carbocycles. The summed E-state index contributed by atoms with van der Waals surface area (Å²) in [6.07, 6.45) is 4.00. The number of amides is 1. The van der Waals surface area contributed by atoms with E-state index in [1.54, 1.807) is 35.9 Å². The molecule has 3 heterocycles. The first-order valence-electron chi connectivity index (χ1n) is 9.61. The number of rotatable bonds is 5. The van der Waals surface area contributed by atoms with Gasteiger partial charge in [-0.15, -0.1) is 16.4 Å². The summed E-state index contributed by atoms with van der Waals surface area (Å²) in [5.74, 6) is 0.479. The molecular formula is C23H16N4O4S. The Kier molecular flexibility index (Phi) is 5.00. The molecule has 0 saturated carbocycles. The highest BCUT2D eigenvalue weighted by molar-refractivity contribution is 7.15. The van der Waals surface area contributed by atoms with Gasteiger partial charge in [0, 0.05) is 17.0 Å². The van der Waals surface area contributed by atoms with Crippen LogP contribution in [-0.4, -0.2) is 27.6 Å². The lowest BCUT2D eigenvalue weighted by Gasteiger charge is -2.01. The molecule has 3 aromatic heterocycles. The summed E-state index contributed by atoms with van der Waals surface area (Å²) >= 11 is 1.41. The third-order valence-electron chi connectivity index (χ3n) is 4.82. The summed E-state index contributed by atoms with van der Waals surface area (Å²) in [7, 11) is 1.62. The van der Waals surface area contributed by atoms with Gasteiger partial charge >= 0.3 is 0 Å². The van der Waals surface area contributed by atoms with E-state index in [1.165, 1.54) is 29.8 Å². The number of nitrogens with one attached hydrogen (secondary N) is 1. The van der Waals surface area contributed by atoms with Crippen molar-refractivity contribution in [3.63, 3.8) is 0 Å². The van der Waals surface area contributed by atoms with Crippen molar-refractivity contribution in [1.82, 2.24) is 14.6 Å². The molecule has 32 heavy (non-hydrogen) atoms. The van der Waals surface area contributed by atoms with E-state index in [0.717, 1.165) is 17.0 Å². The van der Waals surface area contributed by atoms with Crippen LogP contribution in [0.1, 0.15) is 5.56 Å². The lowest BCUT2D eigenvalue weighted by molar-refractivity contribution is -0.111. The molecule has 0 radical (unpaired) electrons. The number of ether oxygens (including phenoxy) is 1. The topological polar surface area (TPSA) is 98.7 Å². The Labute approximate surface area is 185 Å². The van der Waals surface area contributed by atoms with E-state index < -0.39 is 5.91 Å². The van der Waals surface area contributed by atoms with E-state index in [2.05, 4.69) is 15.4 Å². The summed E-state index contributed by atoms with van der Waals surface area (Å²) in [6.45, 7) is 0. The Bertz CT molecular complexity index is 1530. The highest BCUT2D eigenvalue weighted by Crippen LogP contribution is 2.27. The van der Waals surface area contributed by atoms with Crippen molar-refractivity contribution in [1.29, 1.82) is 0 Å². The minimum Gasteiger partial charge on any atom is -0.497 e. The van der Waals surface area contributed by atoms with Gasteiger partial charge in [0.2, 0.25) is 4.96 Å². The van der Waals surface area contributed by atoms with Gasteiger partial charge in [0.25, 0.3) is 11.9 Å². The Morgan fingerprint density at radius 1 is 1.19 bits per heavy atom. The number of nitrogens with zero attached hydrogens (tertiary/aromatic N) is 3. The van der Waals surface area contributed by atoms with E-state index in [4.69, 9.17) is 9.15 Å². The molecule has 0 aliphatic rings. The maximum absolute atomic E-state index is 12.5. The molecule has 5 aromatic rings. The number of fused-ring (bicyclic) bond motifs is 2. The number of carbonyl (C=O) groups excluding carboxylic acids is 1. The van der Waals surface area contributed by atoms with Crippen molar-refractivity contribution in [2.75, 3.05) is 12.4 Å². The van der Waals surface area contributed by atoms with Crippen molar-refractivity contribution in [3.05, 3.63) is 82.0 Å². The fraction of sp³-hybridized carbons (Fsp3) is 0.0435. The number of hydrogen-bond acceptors (Lipinski definition) is 7. The minimum atomic E-state index is -0.457. The predicted molar refractivity (Wildman–Crippen MR) is 123 cm³/mol.